The van der Waals surface area contributed by atoms with Gasteiger partial charge in [0.2, 0.25) is 5.91 Å². The molecule has 1 unspecified atom stereocenters. The Morgan fingerprint density at radius 1 is 1.10 bits per heavy atom. The first-order valence-electron chi connectivity index (χ1n) is 6.49. The molecule has 1 atom stereocenters. The lowest BCUT2D eigenvalue weighted by Crippen LogP contribution is -2.31. The Kier molecular flexibility index (Phi) is 5.62. The van der Waals surface area contributed by atoms with E-state index in [0.29, 0.717) is 10.0 Å². The zero-order valence-electron chi connectivity index (χ0n) is 11.2. The fourth-order valence-corrected chi connectivity index (χ4v) is 2.32. The molecule has 0 aliphatic rings. The summed E-state index contributed by atoms with van der Waals surface area (Å²) in [7, 11) is 0. The van der Waals surface area contributed by atoms with Crippen molar-refractivity contribution in [3.05, 3.63) is 69.7 Å². The summed E-state index contributed by atoms with van der Waals surface area (Å²) >= 11 is 11.8. The van der Waals surface area contributed by atoms with Crippen molar-refractivity contribution in [2.45, 2.75) is 12.5 Å². The number of benzene rings is 2. The van der Waals surface area contributed by atoms with Crippen LogP contribution in [0.2, 0.25) is 10.0 Å². The molecule has 0 aliphatic heterocycles. The highest BCUT2D eigenvalue weighted by Gasteiger charge is 2.14. The normalized spacial score (nSPS) is 12.0. The second kappa shape index (κ2) is 7.46. The van der Waals surface area contributed by atoms with Crippen molar-refractivity contribution in [2.24, 2.45) is 0 Å². The predicted octanol–water partition coefficient (Wildman–Crippen LogP) is 3.39. The first-order valence-corrected chi connectivity index (χ1v) is 7.25. The number of halogens is 2. The number of hydrogen-bond acceptors (Lipinski definition) is 2. The van der Waals surface area contributed by atoms with E-state index in [-0.39, 0.29) is 18.9 Å². The molecular formula is C16H15Cl2NO2. The zero-order chi connectivity index (χ0) is 15.2. The molecule has 2 aromatic carbocycles. The summed E-state index contributed by atoms with van der Waals surface area (Å²) in [5, 5.41) is 13.1. The van der Waals surface area contributed by atoms with Crippen molar-refractivity contribution < 1.29 is 9.90 Å². The van der Waals surface area contributed by atoms with Gasteiger partial charge in [-0.3, -0.25) is 4.79 Å². The molecule has 0 aliphatic carbocycles. The molecule has 0 saturated carbocycles. The van der Waals surface area contributed by atoms with Gasteiger partial charge in [-0.25, -0.2) is 0 Å². The lowest BCUT2D eigenvalue weighted by molar-refractivity contribution is -0.121. The van der Waals surface area contributed by atoms with Gasteiger partial charge in [0.15, 0.2) is 0 Å². The number of aliphatic hydroxyl groups is 1. The highest BCUT2D eigenvalue weighted by Crippen LogP contribution is 2.23. The quantitative estimate of drug-likeness (QED) is 0.886. The van der Waals surface area contributed by atoms with E-state index in [1.807, 2.05) is 30.3 Å². The molecule has 2 rings (SSSR count). The van der Waals surface area contributed by atoms with E-state index in [2.05, 4.69) is 5.32 Å². The molecule has 5 heteroatoms. The molecule has 0 heterocycles. The summed E-state index contributed by atoms with van der Waals surface area (Å²) in [6.45, 7) is -0.156. The number of aliphatic hydroxyl groups excluding tert-OH is 1. The number of carbonyl (C=O) groups is 1. The van der Waals surface area contributed by atoms with Crippen LogP contribution in [-0.2, 0) is 11.2 Å². The van der Waals surface area contributed by atoms with Crippen LogP contribution in [0, 0.1) is 0 Å². The Morgan fingerprint density at radius 3 is 2.43 bits per heavy atom. The maximum Gasteiger partial charge on any atom is 0.224 e. The van der Waals surface area contributed by atoms with Crippen molar-refractivity contribution in [3.8, 4) is 0 Å². The van der Waals surface area contributed by atoms with Gasteiger partial charge in [-0.05, 0) is 23.3 Å². The molecule has 0 radical (unpaired) electrons. The van der Waals surface area contributed by atoms with Gasteiger partial charge >= 0.3 is 0 Å². The van der Waals surface area contributed by atoms with E-state index in [0.717, 1.165) is 11.1 Å². The molecule has 0 saturated heterocycles. The lowest BCUT2D eigenvalue weighted by Gasteiger charge is -2.16. The first kappa shape index (κ1) is 15.8. The number of amides is 1. The van der Waals surface area contributed by atoms with E-state index < -0.39 is 6.04 Å². The van der Waals surface area contributed by atoms with Crippen LogP contribution in [0.5, 0.6) is 0 Å². The van der Waals surface area contributed by atoms with Crippen molar-refractivity contribution >= 4 is 29.1 Å². The van der Waals surface area contributed by atoms with Gasteiger partial charge in [0.25, 0.3) is 0 Å². The second-order valence-electron chi connectivity index (χ2n) is 4.64. The van der Waals surface area contributed by atoms with Crippen LogP contribution in [0.25, 0.3) is 0 Å². The van der Waals surface area contributed by atoms with Gasteiger partial charge in [-0.2, -0.15) is 0 Å². The first-order chi connectivity index (χ1) is 10.1. The Hall–Kier alpha value is -1.55. The minimum atomic E-state index is -0.415. The van der Waals surface area contributed by atoms with Crippen LogP contribution < -0.4 is 5.32 Å². The third-order valence-electron chi connectivity index (χ3n) is 3.07. The molecule has 3 nitrogen and oxygen atoms in total. The van der Waals surface area contributed by atoms with E-state index in [1.165, 1.54) is 0 Å². The Balaban J connectivity index is 2.01. The van der Waals surface area contributed by atoms with Gasteiger partial charge < -0.3 is 10.4 Å². The molecule has 2 N–H and O–H groups in total. The average molecular weight is 324 g/mol. The molecular weight excluding hydrogens is 309 g/mol. The van der Waals surface area contributed by atoms with E-state index in [9.17, 15) is 9.90 Å². The summed E-state index contributed by atoms with van der Waals surface area (Å²) in [6, 6.07) is 14.0. The van der Waals surface area contributed by atoms with Gasteiger partial charge in [-0.1, -0.05) is 59.6 Å². The van der Waals surface area contributed by atoms with Gasteiger partial charge in [-0.15, -0.1) is 0 Å². The van der Waals surface area contributed by atoms with Crippen LogP contribution in [0.4, 0.5) is 0 Å². The molecule has 2 aromatic rings. The molecule has 1 amide bonds. The van der Waals surface area contributed by atoms with Crippen LogP contribution in [-0.4, -0.2) is 17.6 Å². The minimum absolute atomic E-state index is 0.156. The Bertz CT molecular complexity index is 617. The molecule has 0 bridgehead atoms. The SMILES string of the molecule is O=C(Cc1ccc(Cl)c(Cl)c1)NC(CO)c1ccccc1. The van der Waals surface area contributed by atoms with Crippen LogP contribution in [0.1, 0.15) is 17.2 Å². The maximum absolute atomic E-state index is 12.1. The maximum atomic E-state index is 12.1. The summed E-state index contributed by atoms with van der Waals surface area (Å²) < 4.78 is 0. The fraction of sp³-hybridized carbons (Fsp3) is 0.188. The van der Waals surface area contributed by atoms with Gasteiger partial charge in [0.1, 0.15) is 0 Å². The Morgan fingerprint density at radius 2 is 1.81 bits per heavy atom. The smallest absolute Gasteiger partial charge is 0.224 e. The third kappa shape index (κ3) is 4.46. The lowest BCUT2D eigenvalue weighted by atomic mass is 10.1. The summed E-state index contributed by atoms with van der Waals surface area (Å²) in [5.41, 5.74) is 1.63. The van der Waals surface area contributed by atoms with Crippen molar-refractivity contribution in [1.29, 1.82) is 0 Å². The molecule has 21 heavy (non-hydrogen) atoms. The van der Waals surface area contributed by atoms with E-state index in [4.69, 9.17) is 23.2 Å². The monoisotopic (exact) mass is 323 g/mol. The number of hydrogen-bond donors (Lipinski definition) is 2. The average Bonchev–Trinajstić information content (AvgIpc) is 2.49. The number of carbonyl (C=O) groups excluding carboxylic acids is 1. The standard InChI is InChI=1S/C16H15Cl2NO2/c17-13-7-6-11(8-14(13)18)9-16(21)19-15(10-20)12-4-2-1-3-5-12/h1-8,15,20H,9-10H2,(H,19,21). The van der Waals surface area contributed by atoms with Gasteiger partial charge in [0.05, 0.1) is 29.1 Å². The second-order valence-corrected chi connectivity index (χ2v) is 5.45. The topological polar surface area (TPSA) is 49.3 Å². The van der Waals surface area contributed by atoms with Crippen LogP contribution >= 0.6 is 23.2 Å². The highest BCUT2D eigenvalue weighted by molar-refractivity contribution is 6.42. The van der Waals surface area contributed by atoms with Crippen LogP contribution in [0.3, 0.4) is 0 Å². The summed E-state index contributed by atoms with van der Waals surface area (Å²) in [6.07, 6.45) is 0.181. The Labute approximate surface area is 133 Å². The fourth-order valence-electron chi connectivity index (χ4n) is 2.00. The summed E-state index contributed by atoms with van der Waals surface area (Å²) in [4.78, 5) is 12.1. The van der Waals surface area contributed by atoms with Crippen molar-refractivity contribution in [2.75, 3.05) is 6.61 Å². The highest BCUT2D eigenvalue weighted by atomic mass is 35.5. The molecule has 0 fully saturated rings. The van der Waals surface area contributed by atoms with Crippen LogP contribution in [0.15, 0.2) is 48.5 Å². The van der Waals surface area contributed by atoms with Crippen molar-refractivity contribution in [3.63, 3.8) is 0 Å². The third-order valence-corrected chi connectivity index (χ3v) is 3.81. The zero-order valence-corrected chi connectivity index (χ0v) is 12.7. The largest absolute Gasteiger partial charge is 0.394 e. The van der Waals surface area contributed by atoms with Crippen molar-refractivity contribution in [1.82, 2.24) is 5.32 Å². The molecule has 110 valence electrons. The number of rotatable bonds is 5. The van der Waals surface area contributed by atoms with E-state index >= 15 is 0 Å². The summed E-state index contributed by atoms with van der Waals surface area (Å²) in [5.74, 6) is -0.184. The van der Waals surface area contributed by atoms with Gasteiger partial charge in [0, 0.05) is 0 Å². The predicted molar refractivity (Wildman–Crippen MR) is 84.6 cm³/mol. The molecule has 0 spiro atoms. The van der Waals surface area contributed by atoms with E-state index in [1.54, 1.807) is 18.2 Å². The molecule has 0 aromatic heterocycles. The number of nitrogens with one attached hydrogen (secondary N) is 1. The minimum Gasteiger partial charge on any atom is -0.394 e.